The Morgan fingerprint density at radius 1 is 1.48 bits per heavy atom. The molecule has 0 saturated carbocycles. The van der Waals surface area contributed by atoms with Crippen molar-refractivity contribution in [3.8, 4) is 5.88 Å². The highest BCUT2D eigenvalue weighted by molar-refractivity contribution is 7.10. The molecule has 2 aromatic heterocycles. The summed E-state index contributed by atoms with van der Waals surface area (Å²) in [6.45, 7) is 1.69. The summed E-state index contributed by atoms with van der Waals surface area (Å²) in [4.78, 5) is 23.7. The number of aryl methyl sites for hydroxylation is 2. The zero-order valence-corrected chi connectivity index (χ0v) is 12.7. The minimum absolute atomic E-state index is 0.145. The molecule has 0 bridgehead atoms. The van der Waals surface area contributed by atoms with Crippen molar-refractivity contribution in [3.05, 3.63) is 23.5 Å². The van der Waals surface area contributed by atoms with Crippen LogP contribution in [-0.2, 0) is 11.8 Å². The van der Waals surface area contributed by atoms with Crippen LogP contribution >= 0.6 is 11.5 Å². The van der Waals surface area contributed by atoms with E-state index in [4.69, 9.17) is 4.74 Å². The molecule has 0 aliphatic carbocycles. The van der Waals surface area contributed by atoms with E-state index in [1.54, 1.807) is 13.1 Å². The number of hydrogen-bond donors (Lipinski definition) is 2. The summed E-state index contributed by atoms with van der Waals surface area (Å²) in [7, 11) is 3.11. The predicted octanol–water partition coefficient (Wildman–Crippen LogP) is 0.562. The number of anilines is 1. The number of carbonyl (C=O) groups excluding carboxylic acids is 2. The van der Waals surface area contributed by atoms with Crippen LogP contribution < -0.4 is 15.4 Å². The molecule has 9 heteroatoms. The second-order valence-corrected chi connectivity index (χ2v) is 5.09. The zero-order chi connectivity index (χ0) is 15.4. The van der Waals surface area contributed by atoms with Gasteiger partial charge in [0, 0.05) is 13.2 Å². The fraction of sp³-hybridized carbons (Fsp3) is 0.333. The Balaban J connectivity index is 1.90. The molecule has 112 valence electrons. The maximum Gasteiger partial charge on any atom is 0.258 e. The average Bonchev–Trinajstić information content (AvgIpc) is 3.01. The fourth-order valence-electron chi connectivity index (χ4n) is 1.63. The molecular weight excluding hydrogens is 294 g/mol. The second-order valence-electron chi connectivity index (χ2n) is 4.29. The van der Waals surface area contributed by atoms with Gasteiger partial charge in [-0.05, 0) is 24.5 Å². The quantitative estimate of drug-likeness (QED) is 0.841. The summed E-state index contributed by atoms with van der Waals surface area (Å²) >= 11 is 1.19. The van der Waals surface area contributed by atoms with Crippen molar-refractivity contribution in [3.63, 3.8) is 0 Å². The summed E-state index contributed by atoms with van der Waals surface area (Å²) in [5.74, 6) is -0.529. The van der Waals surface area contributed by atoms with Crippen LogP contribution in [-0.4, -0.2) is 39.6 Å². The SMILES string of the molecule is COc1nn(C)cc1C(=O)NCC(=O)Nc1cc(C)ns1. The lowest BCUT2D eigenvalue weighted by Gasteiger charge is -2.04. The van der Waals surface area contributed by atoms with Crippen LogP contribution in [0.1, 0.15) is 16.1 Å². The minimum atomic E-state index is -0.421. The monoisotopic (exact) mass is 309 g/mol. The summed E-state index contributed by atoms with van der Waals surface area (Å²) in [5, 5.41) is 9.79. The molecule has 2 heterocycles. The molecule has 0 aliphatic rings. The highest BCUT2D eigenvalue weighted by Gasteiger charge is 2.17. The normalized spacial score (nSPS) is 10.2. The van der Waals surface area contributed by atoms with Crippen LogP contribution in [0.4, 0.5) is 5.00 Å². The van der Waals surface area contributed by atoms with Crippen LogP contribution in [0.3, 0.4) is 0 Å². The number of amides is 2. The first-order valence-electron chi connectivity index (χ1n) is 6.08. The van der Waals surface area contributed by atoms with E-state index in [1.165, 1.54) is 29.5 Å². The molecule has 0 atom stereocenters. The van der Waals surface area contributed by atoms with Gasteiger partial charge in [0.1, 0.15) is 10.6 Å². The molecule has 0 spiro atoms. The van der Waals surface area contributed by atoms with E-state index in [0.29, 0.717) is 5.00 Å². The molecule has 21 heavy (non-hydrogen) atoms. The first-order valence-corrected chi connectivity index (χ1v) is 6.86. The third-order valence-electron chi connectivity index (χ3n) is 2.53. The number of nitrogens with one attached hydrogen (secondary N) is 2. The Morgan fingerprint density at radius 3 is 2.86 bits per heavy atom. The number of aromatic nitrogens is 3. The van der Waals surface area contributed by atoms with Gasteiger partial charge in [0.05, 0.1) is 19.3 Å². The van der Waals surface area contributed by atoms with E-state index in [-0.39, 0.29) is 23.9 Å². The molecule has 0 aliphatic heterocycles. The van der Waals surface area contributed by atoms with Gasteiger partial charge in [-0.3, -0.25) is 14.3 Å². The van der Waals surface area contributed by atoms with Crippen molar-refractivity contribution >= 4 is 28.3 Å². The van der Waals surface area contributed by atoms with E-state index in [0.717, 1.165) is 5.69 Å². The number of nitrogens with zero attached hydrogens (tertiary/aromatic N) is 3. The molecule has 2 N–H and O–H groups in total. The van der Waals surface area contributed by atoms with Gasteiger partial charge in [-0.1, -0.05) is 0 Å². The van der Waals surface area contributed by atoms with Crippen LogP contribution in [0, 0.1) is 6.92 Å². The third kappa shape index (κ3) is 3.78. The number of methoxy groups -OCH3 is 1. The Morgan fingerprint density at radius 2 is 2.24 bits per heavy atom. The summed E-state index contributed by atoms with van der Waals surface area (Å²) in [6.07, 6.45) is 1.53. The molecular formula is C12H15N5O3S. The molecule has 2 amide bonds. The average molecular weight is 309 g/mol. The minimum Gasteiger partial charge on any atom is -0.479 e. The zero-order valence-electron chi connectivity index (χ0n) is 11.8. The highest BCUT2D eigenvalue weighted by atomic mass is 32.1. The Kier molecular flexibility index (Phi) is 4.53. The fourth-order valence-corrected chi connectivity index (χ4v) is 2.31. The first kappa shape index (κ1) is 15.0. The van der Waals surface area contributed by atoms with Gasteiger partial charge in [0.2, 0.25) is 11.8 Å². The van der Waals surface area contributed by atoms with Gasteiger partial charge in [0.15, 0.2) is 0 Å². The molecule has 2 aromatic rings. The van der Waals surface area contributed by atoms with Gasteiger partial charge < -0.3 is 15.4 Å². The van der Waals surface area contributed by atoms with Gasteiger partial charge in [-0.25, -0.2) is 0 Å². The molecule has 0 fully saturated rings. The Hall–Kier alpha value is -2.42. The van der Waals surface area contributed by atoms with E-state index in [2.05, 4.69) is 20.1 Å². The highest BCUT2D eigenvalue weighted by Crippen LogP contribution is 2.15. The van der Waals surface area contributed by atoms with Crippen LogP contribution in [0.25, 0.3) is 0 Å². The van der Waals surface area contributed by atoms with E-state index >= 15 is 0 Å². The summed E-state index contributed by atoms with van der Waals surface area (Å²) in [5.41, 5.74) is 1.11. The number of ether oxygens (including phenoxy) is 1. The lowest BCUT2D eigenvalue weighted by molar-refractivity contribution is -0.115. The lowest BCUT2D eigenvalue weighted by atomic mass is 10.3. The Labute approximate surface area is 125 Å². The van der Waals surface area contributed by atoms with Crippen LogP contribution in [0.15, 0.2) is 12.3 Å². The summed E-state index contributed by atoms with van der Waals surface area (Å²) in [6, 6.07) is 1.76. The van der Waals surface area contributed by atoms with Crippen LogP contribution in [0.2, 0.25) is 0 Å². The summed E-state index contributed by atoms with van der Waals surface area (Å²) < 4.78 is 10.5. The molecule has 0 saturated heterocycles. The van der Waals surface area contributed by atoms with E-state index in [1.807, 2.05) is 6.92 Å². The number of hydrogen-bond acceptors (Lipinski definition) is 6. The van der Waals surface area contributed by atoms with Crippen molar-refractivity contribution in [1.29, 1.82) is 0 Å². The van der Waals surface area contributed by atoms with Crippen molar-refractivity contribution in [2.45, 2.75) is 6.92 Å². The van der Waals surface area contributed by atoms with Gasteiger partial charge in [-0.15, -0.1) is 5.10 Å². The predicted molar refractivity (Wildman–Crippen MR) is 77.6 cm³/mol. The number of rotatable bonds is 5. The van der Waals surface area contributed by atoms with Gasteiger partial charge >= 0.3 is 0 Å². The van der Waals surface area contributed by atoms with Crippen molar-refractivity contribution in [2.24, 2.45) is 7.05 Å². The van der Waals surface area contributed by atoms with Gasteiger partial charge in [-0.2, -0.15) is 4.37 Å². The molecule has 8 nitrogen and oxygen atoms in total. The third-order valence-corrected chi connectivity index (χ3v) is 3.33. The molecule has 0 aromatic carbocycles. The van der Waals surface area contributed by atoms with E-state index in [9.17, 15) is 9.59 Å². The first-order chi connectivity index (χ1) is 9.99. The van der Waals surface area contributed by atoms with Crippen molar-refractivity contribution in [2.75, 3.05) is 19.0 Å². The van der Waals surface area contributed by atoms with E-state index < -0.39 is 5.91 Å². The molecule has 0 radical (unpaired) electrons. The molecule has 2 rings (SSSR count). The van der Waals surface area contributed by atoms with Gasteiger partial charge in [0.25, 0.3) is 5.91 Å². The van der Waals surface area contributed by atoms with Crippen LogP contribution in [0.5, 0.6) is 5.88 Å². The topological polar surface area (TPSA) is 98.1 Å². The second kappa shape index (κ2) is 6.35. The smallest absolute Gasteiger partial charge is 0.258 e. The Bertz CT molecular complexity index is 664. The maximum absolute atomic E-state index is 12.0. The maximum atomic E-state index is 12.0. The lowest BCUT2D eigenvalue weighted by Crippen LogP contribution is -2.32. The largest absolute Gasteiger partial charge is 0.479 e. The van der Waals surface area contributed by atoms with Crippen molar-refractivity contribution < 1.29 is 14.3 Å². The number of carbonyl (C=O) groups is 2. The standard InChI is InChI=1S/C12H15N5O3S/c1-7-4-10(21-16-7)14-9(18)5-13-11(19)8-6-17(2)15-12(8)20-3/h4,6H,5H2,1-3H3,(H,13,19)(H,14,18). The molecule has 0 unspecified atom stereocenters. The van der Waals surface area contributed by atoms with Crippen molar-refractivity contribution in [1.82, 2.24) is 19.5 Å².